The van der Waals surface area contributed by atoms with E-state index in [1.165, 1.54) is 35.5 Å². The Hall–Kier alpha value is -6.10. The second-order valence-electron chi connectivity index (χ2n) is 10.1. The van der Waals surface area contributed by atoms with Crippen molar-refractivity contribution in [2.45, 2.75) is 25.2 Å². The molecule has 0 spiro atoms. The number of benzene rings is 2. The molecule has 1 aliphatic heterocycles. The molecule has 45 heavy (non-hydrogen) atoms. The van der Waals surface area contributed by atoms with Crippen molar-refractivity contribution in [3.05, 3.63) is 96.7 Å². The van der Waals surface area contributed by atoms with Gasteiger partial charge < -0.3 is 10.6 Å². The summed E-state index contributed by atoms with van der Waals surface area (Å²) in [6, 6.07) is 11.2. The number of hydrogen-bond donors (Lipinski definition) is 1. The lowest BCUT2D eigenvalue weighted by Gasteiger charge is -2.25. The molecule has 1 saturated heterocycles. The van der Waals surface area contributed by atoms with Crippen LogP contribution in [0.3, 0.4) is 0 Å². The zero-order chi connectivity index (χ0) is 31.5. The number of amides is 3. The summed E-state index contributed by atoms with van der Waals surface area (Å²) in [6.45, 7) is -0.868. The van der Waals surface area contributed by atoms with E-state index in [4.69, 9.17) is 5.73 Å². The Bertz CT molecular complexity index is 1980. The third-order valence-corrected chi connectivity index (χ3v) is 7.17. The standard InChI is InChI=1S/C31H23F2N9O3/c32-22-13-26(31(45)42(33)23-4-1-3-20(12-23)21-14-35-18-36-15-21)40(16-22)28(43)17-41-25-7-5-19(6-8-27-37-9-2-10-38-27)11-24(25)29(39-41)30(34)44/h1-5,7,9-12,14-15,18,22,26H,13,16-17H2,(H2,34,44)/t22-,26+/m1/s1. The normalized spacial score (nSPS) is 15.8. The van der Waals surface area contributed by atoms with E-state index < -0.39 is 43.0 Å². The van der Waals surface area contributed by atoms with Crippen molar-refractivity contribution in [2.24, 2.45) is 5.73 Å². The first-order valence-corrected chi connectivity index (χ1v) is 13.7. The fourth-order valence-corrected chi connectivity index (χ4v) is 5.08. The highest BCUT2D eigenvalue weighted by molar-refractivity contribution is 6.05. The summed E-state index contributed by atoms with van der Waals surface area (Å²) >= 11 is 0. The summed E-state index contributed by atoms with van der Waals surface area (Å²) in [5.74, 6) is 3.41. The fourth-order valence-electron chi connectivity index (χ4n) is 5.08. The molecule has 0 saturated carbocycles. The lowest BCUT2D eigenvalue weighted by atomic mass is 10.1. The monoisotopic (exact) mass is 607 g/mol. The number of likely N-dealkylation sites (tertiary alicyclic amines) is 1. The molecular formula is C31H23F2N9O3. The van der Waals surface area contributed by atoms with E-state index in [-0.39, 0.29) is 22.9 Å². The summed E-state index contributed by atoms with van der Waals surface area (Å²) in [7, 11) is 0. The van der Waals surface area contributed by atoms with Crippen LogP contribution in [0.15, 0.2) is 79.6 Å². The lowest BCUT2D eigenvalue weighted by molar-refractivity contribution is -0.139. The van der Waals surface area contributed by atoms with Gasteiger partial charge in [0.15, 0.2) is 5.69 Å². The van der Waals surface area contributed by atoms with E-state index in [2.05, 4.69) is 36.9 Å². The van der Waals surface area contributed by atoms with E-state index in [0.29, 0.717) is 33.4 Å². The van der Waals surface area contributed by atoms with Crippen LogP contribution in [0.25, 0.3) is 22.0 Å². The molecule has 0 bridgehead atoms. The van der Waals surface area contributed by atoms with E-state index in [1.54, 1.807) is 48.8 Å². The number of primary amides is 1. The second-order valence-corrected chi connectivity index (χ2v) is 10.1. The molecule has 0 aliphatic carbocycles. The Morgan fingerprint density at radius 2 is 1.78 bits per heavy atom. The first-order chi connectivity index (χ1) is 21.8. The van der Waals surface area contributed by atoms with Gasteiger partial charge in [0.1, 0.15) is 25.1 Å². The largest absolute Gasteiger partial charge is 0.364 e. The van der Waals surface area contributed by atoms with E-state index >= 15 is 4.48 Å². The number of nitrogens with two attached hydrogens (primary N) is 1. The molecule has 2 atom stereocenters. The quantitative estimate of drug-likeness (QED) is 0.228. The molecule has 2 aromatic carbocycles. The van der Waals surface area contributed by atoms with Crippen LogP contribution in [0.1, 0.15) is 28.3 Å². The number of aromatic nitrogens is 6. The van der Waals surface area contributed by atoms with Gasteiger partial charge in [0.25, 0.3) is 11.8 Å². The molecule has 224 valence electrons. The Balaban J connectivity index is 1.23. The van der Waals surface area contributed by atoms with Crippen LogP contribution in [-0.2, 0) is 16.1 Å². The van der Waals surface area contributed by atoms with Crippen LogP contribution < -0.4 is 10.9 Å². The number of nitrogens with zero attached hydrogens (tertiary/aromatic N) is 8. The molecular weight excluding hydrogens is 584 g/mol. The number of carbonyl (C=O) groups is 3. The number of rotatable bonds is 6. The Kier molecular flexibility index (Phi) is 7.89. The van der Waals surface area contributed by atoms with Gasteiger partial charge in [-0.2, -0.15) is 5.10 Å². The maximum Gasteiger partial charge on any atom is 0.277 e. The molecule has 2 N–H and O–H groups in total. The van der Waals surface area contributed by atoms with Gasteiger partial charge in [0.05, 0.1) is 17.7 Å². The first-order valence-electron chi connectivity index (χ1n) is 13.7. The van der Waals surface area contributed by atoms with Gasteiger partial charge in [-0.1, -0.05) is 22.5 Å². The molecule has 14 heteroatoms. The molecule has 6 rings (SSSR count). The Morgan fingerprint density at radius 3 is 2.53 bits per heavy atom. The predicted octanol–water partition coefficient (Wildman–Crippen LogP) is 2.64. The topological polar surface area (TPSA) is 153 Å². The average molecular weight is 608 g/mol. The van der Waals surface area contributed by atoms with Gasteiger partial charge in [0.2, 0.25) is 11.7 Å². The average Bonchev–Trinajstić information content (AvgIpc) is 3.64. The van der Waals surface area contributed by atoms with Gasteiger partial charge in [-0.3, -0.25) is 19.1 Å². The van der Waals surface area contributed by atoms with Crippen LogP contribution in [0.5, 0.6) is 0 Å². The third kappa shape index (κ3) is 6.04. The van der Waals surface area contributed by atoms with E-state index in [0.717, 1.165) is 4.90 Å². The number of anilines is 1. The zero-order valence-corrected chi connectivity index (χ0v) is 23.4. The first kappa shape index (κ1) is 29.0. The van der Waals surface area contributed by atoms with Crippen molar-refractivity contribution in [3.8, 4) is 23.0 Å². The maximum absolute atomic E-state index is 15.5. The molecule has 4 heterocycles. The van der Waals surface area contributed by atoms with Crippen molar-refractivity contribution in [2.75, 3.05) is 11.7 Å². The van der Waals surface area contributed by atoms with Gasteiger partial charge >= 0.3 is 0 Å². The van der Waals surface area contributed by atoms with Gasteiger partial charge in [-0.15, -0.1) is 5.12 Å². The molecule has 3 amide bonds. The van der Waals surface area contributed by atoms with Crippen molar-refractivity contribution in [1.82, 2.24) is 34.6 Å². The summed E-state index contributed by atoms with van der Waals surface area (Å²) < 4.78 is 31.3. The minimum Gasteiger partial charge on any atom is -0.364 e. The third-order valence-electron chi connectivity index (χ3n) is 7.17. The molecule has 12 nitrogen and oxygen atoms in total. The highest BCUT2D eigenvalue weighted by atomic mass is 19.2. The number of halogens is 2. The van der Waals surface area contributed by atoms with Gasteiger partial charge in [-0.05, 0) is 47.9 Å². The Labute approximate surface area is 254 Å². The van der Waals surface area contributed by atoms with E-state index in [1.807, 2.05) is 0 Å². The highest BCUT2D eigenvalue weighted by Crippen LogP contribution is 2.29. The predicted molar refractivity (Wildman–Crippen MR) is 157 cm³/mol. The summed E-state index contributed by atoms with van der Waals surface area (Å²) in [4.78, 5) is 55.9. The fraction of sp³-hybridized carbons (Fsp3) is 0.161. The van der Waals surface area contributed by atoms with Gasteiger partial charge in [0, 0.05) is 47.7 Å². The minimum absolute atomic E-state index is 0.0894. The molecule has 5 aromatic rings. The second kappa shape index (κ2) is 12.3. The van der Waals surface area contributed by atoms with Crippen LogP contribution >= 0.6 is 0 Å². The van der Waals surface area contributed by atoms with Crippen LogP contribution in [-0.4, -0.2) is 71.1 Å². The molecule has 3 aromatic heterocycles. The van der Waals surface area contributed by atoms with Crippen molar-refractivity contribution >= 4 is 34.3 Å². The number of carbonyl (C=O) groups excluding carboxylic acids is 3. The smallest absolute Gasteiger partial charge is 0.277 e. The molecule has 0 radical (unpaired) electrons. The maximum atomic E-state index is 15.5. The van der Waals surface area contributed by atoms with Crippen molar-refractivity contribution in [1.29, 1.82) is 0 Å². The van der Waals surface area contributed by atoms with Crippen molar-refractivity contribution < 1.29 is 23.3 Å². The molecule has 1 fully saturated rings. The SMILES string of the molecule is NC(=O)c1nn(CC(=O)N2C[C@H](F)C[C@H]2C(=O)N(F)c2cccc(-c3cncnc3)c2)c2ccc(C#Cc3ncccn3)cc12. The van der Waals surface area contributed by atoms with Crippen LogP contribution in [0, 0.1) is 11.8 Å². The summed E-state index contributed by atoms with van der Waals surface area (Å²) in [5, 5.41) is 4.47. The molecule has 0 unspecified atom stereocenters. The minimum atomic E-state index is -1.55. The van der Waals surface area contributed by atoms with Crippen molar-refractivity contribution in [3.63, 3.8) is 0 Å². The summed E-state index contributed by atoms with van der Waals surface area (Å²) in [5.41, 5.74) is 7.42. The summed E-state index contributed by atoms with van der Waals surface area (Å²) in [6.07, 6.45) is 5.62. The number of fused-ring (bicyclic) bond motifs is 1. The van der Waals surface area contributed by atoms with Crippen LogP contribution in [0.2, 0.25) is 0 Å². The van der Waals surface area contributed by atoms with Gasteiger partial charge in [-0.25, -0.2) is 24.3 Å². The highest BCUT2D eigenvalue weighted by Gasteiger charge is 2.42. The zero-order valence-electron chi connectivity index (χ0n) is 23.4. The lowest BCUT2D eigenvalue weighted by Crippen LogP contribution is -2.46. The van der Waals surface area contributed by atoms with E-state index in [9.17, 15) is 18.8 Å². The number of alkyl halides is 1. The Morgan fingerprint density at radius 1 is 1.00 bits per heavy atom. The number of hydrogen-bond acceptors (Lipinski definition) is 8. The van der Waals surface area contributed by atoms with Crippen LogP contribution in [0.4, 0.5) is 14.6 Å². The molecule has 1 aliphatic rings.